The van der Waals surface area contributed by atoms with Crippen LogP contribution >= 0.6 is 0 Å². The lowest BCUT2D eigenvalue weighted by molar-refractivity contribution is -0.119. The molecule has 2 heteroatoms. The summed E-state index contributed by atoms with van der Waals surface area (Å²) in [7, 11) is 0. The summed E-state index contributed by atoms with van der Waals surface area (Å²) in [5.41, 5.74) is 1.27. The minimum Gasteiger partial charge on any atom is -0.494 e. The Hall–Kier alpha value is -1.31. The third-order valence-electron chi connectivity index (χ3n) is 2.92. The van der Waals surface area contributed by atoms with Gasteiger partial charge in [0.25, 0.3) is 0 Å². The predicted octanol–water partition coefficient (Wildman–Crippen LogP) is 4.02. The first kappa shape index (κ1) is 14.7. The molecule has 0 aliphatic heterocycles. The van der Waals surface area contributed by atoms with Crippen LogP contribution in [0.3, 0.4) is 0 Å². The minimum atomic E-state index is 0.385. The van der Waals surface area contributed by atoms with Gasteiger partial charge in [-0.05, 0) is 43.4 Å². The van der Waals surface area contributed by atoms with E-state index in [0.29, 0.717) is 31.1 Å². The highest BCUT2D eigenvalue weighted by Crippen LogP contribution is 2.17. The first-order chi connectivity index (χ1) is 8.65. The van der Waals surface area contributed by atoms with Crippen LogP contribution in [-0.2, 0) is 11.2 Å². The Morgan fingerprint density at radius 3 is 2.44 bits per heavy atom. The van der Waals surface area contributed by atoms with Gasteiger partial charge in [-0.2, -0.15) is 0 Å². The number of hydrogen-bond acceptors (Lipinski definition) is 2. The highest BCUT2D eigenvalue weighted by Gasteiger charge is 2.09. The third kappa shape index (κ3) is 5.35. The molecule has 1 rings (SSSR count). The number of carbonyl (C=O) groups is 1. The second kappa shape index (κ2) is 7.91. The van der Waals surface area contributed by atoms with Gasteiger partial charge in [0.1, 0.15) is 11.5 Å². The van der Waals surface area contributed by atoms with Crippen molar-refractivity contribution in [2.24, 2.45) is 5.92 Å². The molecule has 0 bridgehead atoms. The smallest absolute Gasteiger partial charge is 0.133 e. The predicted molar refractivity (Wildman–Crippen MR) is 75.0 cm³/mol. The van der Waals surface area contributed by atoms with Crippen LogP contribution in [0.15, 0.2) is 24.3 Å². The molecule has 0 aromatic heterocycles. The summed E-state index contributed by atoms with van der Waals surface area (Å²) in [5, 5.41) is 0. The van der Waals surface area contributed by atoms with Crippen molar-refractivity contribution >= 4 is 5.78 Å². The Bertz CT molecular complexity index is 354. The average molecular weight is 248 g/mol. The van der Waals surface area contributed by atoms with Crippen molar-refractivity contribution in [3.63, 3.8) is 0 Å². The van der Waals surface area contributed by atoms with Crippen LogP contribution in [0.1, 0.15) is 45.6 Å². The fourth-order valence-electron chi connectivity index (χ4n) is 2.13. The Morgan fingerprint density at radius 1 is 1.22 bits per heavy atom. The third-order valence-corrected chi connectivity index (χ3v) is 2.92. The highest BCUT2D eigenvalue weighted by atomic mass is 16.5. The average Bonchev–Trinajstić information content (AvgIpc) is 2.32. The van der Waals surface area contributed by atoms with Crippen LogP contribution in [0.5, 0.6) is 5.75 Å². The number of rotatable bonds is 8. The van der Waals surface area contributed by atoms with Crippen molar-refractivity contribution in [2.75, 3.05) is 6.61 Å². The van der Waals surface area contributed by atoms with Gasteiger partial charge >= 0.3 is 0 Å². The molecule has 1 atom stereocenters. The molecule has 0 radical (unpaired) electrons. The fraction of sp³-hybridized carbons (Fsp3) is 0.562. The Balaban J connectivity index is 2.43. The molecule has 0 fully saturated rings. The monoisotopic (exact) mass is 248 g/mol. The molecular weight excluding hydrogens is 224 g/mol. The molecule has 0 heterocycles. The SMILES string of the molecule is CCCC(=O)CC(C)Cc1ccc(OCC)cc1. The molecule has 1 aromatic rings. The second-order valence-electron chi connectivity index (χ2n) is 4.88. The Labute approximate surface area is 110 Å². The first-order valence-electron chi connectivity index (χ1n) is 6.89. The van der Waals surface area contributed by atoms with Crippen molar-refractivity contribution in [2.45, 2.75) is 46.5 Å². The topological polar surface area (TPSA) is 26.3 Å². The molecular formula is C16H24O2. The highest BCUT2D eigenvalue weighted by molar-refractivity contribution is 5.78. The van der Waals surface area contributed by atoms with Gasteiger partial charge in [0.2, 0.25) is 0 Å². The van der Waals surface area contributed by atoms with E-state index in [1.807, 2.05) is 19.1 Å². The van der Waals surface area contributed by atoms with Crippen molar-refractivity contribution < 1.29 is 9.53 Å². The van der Waals surface area contributed by atoms with Crippen LogP contribution in [0.4, 0.5) is 0 Å². The number of hydrogen-bond donors (Lipinski definition) is 0. The van der Waals surface area contributed by atoms with Gasteiger partial charge in [-0.3, -0.25) is 4.79 Å². The van der Waals surface area contributed by atoms with Crippen molar-refractivity contribution in [3.8, 4) is 5.75 Å². The van der Waals surface area contributed by atoms with Crippen LogP contribution in [-0.4, -0.2) is 12.4 Å². The zero-order valence-corrected chi connectivity index (χ0v) is 11.7. The molecule has 18 heavy (non-hydrogen) atoms. The van der Waals surface area contributed by atoms with Gasteiger partial charge in [-0.25, -0.2) is 0 Å². The standard InChI is InChI=1S/C16H24O2/c1-4-6-15(17)12-13(3)11-14-7-9-16(10-8-14)18-5-2/h7-10,13H,4-6,11-12H2,1-3H3. The van der Waals surface area contributed by atoms with E-state index in [1.54, 1.807) is 0 Å². The summed E-state index contributed by atoms with van der Waals surface area (Å²) in [4.78, 5) is 11.6. The van der Waals surface area contributed by atoms with Gasteiger partial charge in [0, 0.05) is 12.8 Å². The van der Waals surface area contributed by atoms with Crippen molar-refractivity contribution in [1.29, 1.82) is 0 Å². The Morgan fingerprint density at radius 2 is 1.89 bits per heavy atom. The van der Waals surface area contributed by atoms with E-state index in [1.165, 1.54) is 5.56 Å². The number of ketones is 1. The molecule has 0 aliphatic rings. The summed E-state index contributed by atoms with van der Waals surface area (Å²) in [6.07, 6.45) is 3.32. The van der Waals surface area contributed by atoms with Crippen molar-refractivity contribution in [1.82, 2.24) is 0 Å². The number of ether oxygens (including phenoxy) is 1. The van der Waals surface area contributed by atoms with E-state index < -0.39 is 0 Å². The maximum absolute atomic E-state index is 11.6. The van der Waals surface area contributed by atoms with Crippen LogP contribution in [0.25, 0.3) is 0 Å². The summed E-state index contributed by atoms with van der Waals surface area (Å²) < 4.78 is 5.41. The van der Waals surface area contributed by atoms with Crippen molar-refractivity contribution in [3.05, 3.63) is 29.8 Å². The molecule has 2 nitrogen and oxygen atoms in total. The molecule has 0 saturated carbocycles. The van der Waals surface area contributed by atoms with Gasteiger partial charge in [0.05, 0.1) is 6.61 Å². The van der Waals surface area contributed by atoms with Crippen LogP contribution in [0, 0.1) is 5.92 Å². The largest absolute Gasteiger partial charge is 0.494 e. The lowest BCUT2D eigenvalue weighted by Crippen LogP contribution is -2.07. The number of benzene rings is 1. The van der Waals surface area contributed by atoms with Crippen LogP contribution in [0.2, 0.25) is 0 Å². The van der Waals surface area contributed by atoms with Gasteiger partial charge in [-0.1, -0.05) is 26.0 Å². The second-order valence-corrected chi connectivity index (χ2v) is 4.88. The molecule has 1 unspecified atom stereocenters. The number of carbonyl (C=O) groups excluding carboxylic acids is 1. The maximum Gasteiger partial charge on any atom is 0.133 e. The molecule has 0 N–H and O–H groups in total. The van der Waals surface area contributed by atoms with E-state index in [-0.39, 0.29) is 0 Å². The maximum atomic E-state index is 11.6. The number of Topliss-reactive ketones (excluding diaryl/α,β-unsaturated/α-hetero) is 1. The van der Waals surface area contributed by atoms with Gasteiger partial charge in [-0.15, -0.1) is 0 Å². The van der Waals surface area contributed by atoms with E-state index in [2.05, 4.69) is 26.0 Å². The zero-order chi connectivity index (χ0) is 13.4. The van der Waals surface area contributed by atoms with E-state index in [0.717, 1.165) is 18.6 Å². The normalized spacial score (nSPS) is 12.2. The molecule has 0 aliphatic carbocycles. The molecule has 0 amide bonds. The summed E-state index contributed by atoms with van der Waals surface area (Å²) >= 11 is 0. The molecule has 0 spiro atoms. The lowest BCUT2D eigenvalue weighted by atomic mass is 9.95. The van der Waals surface area contributed by atoms with Crippen LogP contribution < -0.4 is 4.74 Å². The molecule has 0 saturated heterocycles. The fourth-order valence-corrected chi connectivity index (χ4v) is 2.13. The summed E-state index contributed by atoms with van der Waals surface area (Å²) in [5.74, 6) is 1.72. The summed E-state index contributed by atoms with van der Waals surface area (Å²) in [6, 6.07) is 8.18. The zero-order valence-electron chi connectivity index (χ0n) is 11.7. The summed E-state index contributed by atoms with van der Waals surface area (Å²) in [6.45, 7) is 6.87. The minimum absolute atomic E-state index is 0.385. The molecule has 100 valence electrons. The van der Waals surface area contributed by atoms with E-state index in [9.17, 15) is 4.79 Å². The van der Waals surface area contributed by atoms with Gasteiger partial charge in [0.15, 0.2) is 0 Å². The van der Waals surface area contributed by atoms with Gasteiger partial charge < -0.3 is 4.74 Å². The lowest BCUT2D eigenvalue weighted by Gasteiger charge is -2.11. The quantitative estimate of drug-likeness (QED) is 0.694. The molecule has 1 aromatic carbocycles. The Kier molecular flexibility index (Phi) is 6.48. The van der Waals surface area contributed by atoms with E-state index in [4.69, 9.17) is 4.74 Å². The van der Waals surface area contributed by atoms with E-state index >= 15 is 0 Å². The first-order valence-corrected chi connectivity index (χ1v) is 6.89.